The molecule has 1 aliphatic carbocycles. The molecule has 1 aliphatic rings. The van der Waals surface area contributed by atoms with Crippen molar-refractivity contribution in [1.82, 2.24) is 0 Å². The maximum Gasteiger partial charge on any atom is 0.187 e. The average molecular weight is 229 g/mol. The van der Waals surface area contributed by atoms with Gasteiger partial charge in [0.15, 0.2) is 5.78 Å². The van der Waals surface area contributed by atoms with Crippen molar-refractivity contribution in [3.8, 4) is 11.8 Å². The highest BCUT2D eigenvalue weighted by Crippen LogP contribution is 2.49. The first-order valence-corrected chi connectivity index (χ1v) is 5.65. The van der Waals surface area contributed by atoms with Gasteiger partial charge in [-0.2, -0.15) is 5.26 Å². The Morgan fingerprint density at radius 2 is 2.06 bits per heavy atom. The number of nitrogens with zero attached hydrogens (tertiary/aromatic N) is 1. The summed E-state index contributed by atoms with van der Waals surface area (Å²) in [5.41, 5.74) is 1.72. The van der Waals surface area contributed by atoms with Gasteiger partial charge in [0.05, 0.1) is 18.7 Å². The smallest absolute Gasteiger partial charge is 0.187 e. The Hall–Kier alpha value is -1.82. The molecule has 88 valence electrons. The van der Waals surface area contributed by atoms with E-state index in [0.29, 0.717) is 24.2 Å². The maximum atomic E-state index is 12.4. The second kappa shape index (κ2) is 3.89. The molecule has 0 amide bonds. The second-order valence-electron chi connectivity index (χ2n) is 4.68. The summed E-state index contributed by atoms with van der Waals surface area (Å²) in [4.78, 5) is 12.4. The van der Waals surface area contributed by atoms with Gasteiger partial charge in [-0.15, -0.1) is 0 Å². The van der Waals surface area contributed by atoms with E-state index in [-0.39, 0.29) is 5.78 Å². The minimum atomic E-state index is -0.784. The zero-order chi connectivity index (χ0) is 12.6. The van der Waals surface area contributed by atoms with Crippen molar-refractivity contribution in [3.05, 3.63) is 28.8 Å². The Labute approximate surface area is 101 Å². The van der Waals surface area contributed by atoms with Crippen LogP contribution in [-0.4, -0.2) is 12.9 Å². The summed E-state index contributed by atoms with van der Waals surface area (Å²) < 4.78 is 5.27. The molecule has 1 fully saturated rings. The summed E-state index contributed by atoms with van der Waals surface area (Å²) in [6, 6.07) is 5.93. The van der Waals surface area contributed by atoms with Crippen LogP contribution in [0.1, 0.15) is 34.3 Å². The molecular weight excluding hydrogens is 214 g/mol. The summed E-state index contributed by atoms with van der Waals surface area (Å²) in [5, 5.41) is 9.09. The predicted molar refractivity (Wildman–Crippen MR) is 64.1 cm³/mol. The van der Waals surface area contributed by atoms with Crippen molar-refractivity contribution in [1.29, 1.82) is 5.26 Å². The first-order valence-electron chi connectivity index (χ1n) is 5.65. The first-order chi connectivity index (χ1) is 8.04. The summed E-state index contributed by atoms with van der Waals surface area (Å²) in [7, 11) is 1.55. The van der Waals surface area contributed by atoms with E-state index in [1.807, 2.05) is 26.0 Å². The van der Waals surface area contributed by atoms with E-state index in [1.165, 1.54) is 0 Å². The minimum absolute atomic E-state index is 0.0886. The molecule has 0 N–H and O–H groups in total. The van der Waals surface area contributed by atoms with Gasteiger partial charge >= 0.3 is 0 Å². The van der Waals surface area contributed by atoms with E-state index in [4.69, 9.17) is 10.00 Å². The summed E-state index contributed by atoms with van der Waals surface area (Å²) in [6.07, 6.45) is 1.33. The number of nitriles is 1. The van der Waals surface area contributed by atoms with Gasteiger partial charge in [0.2, 0.25) is 0 Å². The van der Waals surface area contributed by atoms with Crippen LogP contribution in [-0.2, 0) is 0 Å². The van der Waals surface area contributed by atoms with E-state index >= 15 is 0 Å². The lowest BCUT2D eigenvalue weighted by Crippen LogP contribution is -2.16. The number of hydrogen-bond donors (Lipinski definition) is 0. The molecule has 0 spiro atoms. The molecule has 0 saturated heterocycles. The third-order valence-electron chi connectivity index (χ3n) is 3.29. The van der Waals surface area contributed by atoms with Crippen molar-refractivity contribution in [2.45, 2.75) is 26.7 Å². The van der Waals surface area contributed by atoms with Crippen LogP contribution in [0.25, 0.3) is 0 Å². The number of aryl methyl sites for hydroxylation is 2. The number of benzene rings is 1. The number of methoxy groups -OCH3 is 1. The van der Waals surface area contributed by atoms with Crippen molar-refractivity contribution in [2.75, 3.05) is 7.11 Å². The van der Waals surface area contributed by atoms with Crippen molar-refractivity contribution in [3.63, 3.8) is 0 Å². The molecule has 3 nitrogen and oxygen atoms in total. The zero-order valence-corrected chi connectivity index (χ0v) is 10.3. The van der Waals surface area contributed by atoms with Crippen LogP contribution in [0.15, 0.2) is 12.1 Å². The Morgan fingerprint density at radius 3 is 2.53 bits per heavy atom. The highest BCUT2D eigenvalue weighted by Gasteiger charge is 2.51. The van der Waals surface area contributed by atoms with E-state index in [0.717, 1.165) is 11.1 Å². The van der Waals surface area contributed by atoms with E-state index in [2.05, 4.69) is 6.07 Å². The number of carbonyl (C=O) groups excluding carboxylic acids is 1. The number of hydrogen-bond acceptors (Lipinski definition) is 3. The molecule has 3 heteroatoms. The van der Waals surface area contributed by atoms with Crippen LogP contribution < -0.4 is 4.74 Å². The highest BCUT2D eigenvalue weighted by molar-refractivity contribution is 6.07. The molecule has 1 saturated carbocycles. The Morgan fingerprint density at radius 1 is 1.41 bits per heavy atom. The molecule has 0 aliphatic heterocycles. The number of rotatable bonds is 3. The minimum Gasteiger partial charge on any atom is -0.496 e. The molecule has 0 atom stereocenters. The van der Waals surface area contributed by atoms with Crippen LogP contribution in [0.4, 0.5) is 0 Å². The van der Waals surface area contributed by atoms with Crippen LogP contribution in [0, 0.1) is 30.6 Å². The van der Waals surface area contributed by atoms with Crippen LogP contribution in [0.2, 0.25) is 0 Å². The van der Waals surface area contributed by atoms with Gasteiger partial charge in [-0.05, 0) is 43.9 Å². The fraction of sp³-hybridized carbons (Fsp3) is 0.429. The van der Waals surface area contributed by atoms with Crippen molar-refractivity contribution < 1.29 is 9.53 Å². The lowest BCUT2D eigenvalue weighted by Gasteiger charge is -2.14. The number of ether oxygens (including phenoxy) is 1. The van der Waals surface area contributed by atoms with Crippen LogP contribution >= 0.6 is 0 Å². The molecule has 17 heavy (non-hydrogen) atoms. The molecule has 0 aromatic heterocycles. The normalized spacial score (nSPS) is 16.1. The van der Waals surface area contributed by atoms with Gasteiger partial charge in [-0.3, -0.25) is 4.79 Å². The standard InChI is InChI=1S/C14H15NO2/c1-9-6-10(2)12(11(7-9)17-3)13(16)14(8-15)4-5-14/h6-7H,4-5H2,1-3H3. The molecule has 0 unspecified atom stereocenters. The lowest BCUT2D eigenvalue weighted by atomic mass is 9.91. The SMILES string of the molecule is COc1cc(C)cc(C)c1C(=O)C1(C#N)CC1. The Balaban J connectivity index is 2.53. The fourth-order valence-corrected chi connectivity index (χ4v) is 2.13. The summed E-state index contributed by atoms with van der Waals surface area (Å²) >= 11 is 0. The molecule has 0 bridgehead atoms. The second-order valence-corrected chi connectivity index (χ2v) is 4.68. The topological polar surface area (TPSA) is 50.1 Å². The molecular formula is C14H15NO2. The molecule has 2 rings (SSSR count). The Kier molecular flexibility index (Phi) is 2.66. The van der Waals surface area contributed by atoms with Crippen molar-refractivity contribution >= 4 is 5.78 Å². The highest BCUT2D eigenvalue weighted by atomic mass is 16.5. The van der Waals surface area contributed by atoms with Gasteiger partial charge in [-0.25, -0.2) is 0 Å². The van der Waals surface area contributed by atoms with E-state index in [1.54, 1.807) is 7.11 Å². The third-order valence-corrected chi connectivity index (χ3v) is 3.29. The van der Waals surface area contributed by atoms with Crippen LogP contribution in [0.5, 0.6) is 5.75 Å². The number of Topliss-reactive ketones (excluding diaryl/α,β-unsaturated/α-hetero) is 1. The molecule has 0 heterocycles. The average Bonchev–Trinajstić information content (AvgIpc) is 3.08. The fourth-order valence-electron chi connectivity index (χ4n) is 2.13. The molecule has 0 radical (unpaired) electrons. The first kappa shape index (κ1) is 11.7. The van der Waals surface area contributed by atoms with Gasteiger partial charge in [0.1, 0.15) is 11.2 Å². The maximum absolute atomic E-state index is 12.4. The van der Waals surface area contributed by atoms with Crippen molar-refractivity contribution in [2.24, 2.45) is 5.41 Å². The lowest BCUT2D eigenvalue weighted by molar-refractivity contribution is 0.0931. The molecule has 1 aromatic carbocycles. The summed E-state index contributed by atoms with van der Waals surface area (Å²) in [6.45, 7) is 3.84. The largest absolute Gasteiger partial charge is 0.496 e. The number of ketones is 1. The van der Waals surface area contributed by atoms with Gasteiger partial charge in [-0.1, -0.05) is 6.07 Å². The predicted octanol–water partition coefficient (Wildman–Crippen LogP) is 2.80. The van der Waals surface area contributed by atoms with Gasteiger partial charge in [0.25, 0.3) is 0 Å². The molecule has 1 aromatic rings. The van der Waals surface area contributed by atoms with E-state index in [9.17, 15) is 4.79 Å². The number of carbonyl (C=O) groups is 1. The van der Waals surface area contributed by atoms with E-state index < -0.39 is 5.41 Å². The van der Waals surface area contributed by atoms with Crippen LogP contribution in [0.3, 0.4) is 0 Å². The quantitative estimate of drug-likeness (QED) is 0.749. The monoisotopic (exact) mass is 229 g/mol. The van der Waals surface area contributed by atoms with Gasteiger partial charge in [0, 0.05) is 0 Å². The zero-order valence-electron chi connectivity index (χ0n) is 10.3. The van der Waals surface area contributed by atoms with Gasteiger partial charge < -0.3 is 4.74 Å². The summed E-state index contributed by atoms with van der Waals surface area (Å²) in [5.74, 6) is 0.489. The third kappa shape index (κ3) is 1.80. The Bertz CT molecular complexity index is 522.